The van der Waals surface area contributed by atoms with Gasteiger partial charge in [0.2, 0.25) is 16.5 Å². The lowest BCUT2D eigenvalue weighted by atomic mass is 10.4. The third-order valence-corrected chi connectivity index (χ3v) is 3.75. The van der Waals surface area contributed by atoms with Crippen molar-refractivity contribution in [3.05, 3.63) is 10.6 Å². The Bertz CT molecular complexity index is 555. The van der Waals surface area contributed by atoms with Gasteiger partial charge in [0.15, 0.2) is 24.0 Å². The SMILES string of the molecule is CC1(C)OCC(N(c2nc(Cl)nc(Cl)n2)C2COC(C)(C)O2)O1. The molecule has 0 aliphatic carbocycles. The molecule has 1 aromatic rings. The molecule has 0 spiro atoms. The molecule has 2 atom stereocenters. The molecule has 2 fully saturated rings. The molecule has 2 aliphatic heterocycles. The molecule has 0 saturated carbocycles. The van der Waals surface area contributed by atoms with Crippen LogP contribution in [0.3, 0.4) is 0 Å². The van der Waals surface area contributed by atoms with Gasteiger partial charge < -0.3 is 18.9 Å². The van der Waals surface area contributed by atoms with E-state index in [1.807, 2.05) is 27.7 Å². The first kappa shape index (κ1) is 17.1. The van der Waals surface area contributed by atoms with Crippen molar-refractivity contribution in [3.8, 4) is 0 Å². The fourth-order valence-electron chi connectivity index (χ4n) is 2.48. The Kier molecular flexibility index (Phi) is 4.41. The summed E-state index contributed by atoms with van der Waals surface area (Å²) in [5.41, 5.74) is 0. The average molecular weight is 365 g/mol. The molecule has 0 aromatic carbocycles. The minimum atomic E-state index is -0.724. The Morgan fingerprint density at radius 3 is 1.65 bits per heavy atom. The summed E-state index contributed by atoms with van der Waals surface area (Å²) in [6, 6.07) is 0. The highest BCUT2D eigenvalue weighted by Gasteiger charge is 2.45. The number of hydrogen-bond donors (Lipinski definition) is 0. The fourth-order valence-corrected chi connectivity index (χ4v) is 2.84. The van der Waals surface area contributed by atoms with E-state index in [4.69, 9.17) is 42.1 Å². The summed E-state index contributed by atoms with van der Waals surface area (Å²) in [6.07, 6.45) is -0.941. The molecule has 3 heterocycles. The van der Waals surface area contributed by atoms with Gasteiger partial charge in [0, 0.05) is 0 Å². The van der Waals surface area contributed by atoms with Gasteiger partial charge in [0.1, 0.15) is 0 Å². The Balaban J connectivity index is 1.93. The number of ether oxygens (including phenoxy) is 4. The molecule has 2 aliphatic rings. The van der Waals surface area contributed by atoms with Gasteiger partial charge in [-0.05, 0) is 50.9 Å². The van der Waals surface area contributed by atoms with E-state index >= 15 is 0 Å². The van der Waals surface area contributed by atoms with E-state index in [9.17, 15) is 0 Å². The minimum absolute atomic E-state index is 0.0126. The van der Waals surface area contributed by atoms with Crippen LogP contribution in [0.25, 0.3) is 0 Å². The first-order chi connectivity index (χ1) is 10.7. The molecule has 0 amide bonds. The third kappa shape index (κ3) is 3.84. The summed E-state index contributed by atoms with van der Waals surface area (Å²) < 4.78 is 23.1. The second-order valence-electron chi connectivity index (χ2n) is 6.15. The number of hydrogen-bond acceptors (Lipinski definition) is 8. The van der Waals surface area contributed by atoms with E-state index in [1.54, 1.807) is 4.90 Å². The predicted molar refractivity (Wildman–Crippen MR) is 82.1 cm³/mol. The van der Waals surface area contributed by atoms with Crippen LogP contribution >= 0.6 is 23.2 Å². The molecule has 1 aromatic heterocycles. The first-order valence-corrected chi connectivity index (χ1v) is 7.90. The minimum Gasteiger partial charge on any atom is -0.346 e. The van der Waals surface area contributed by atoms with E-state index < -0.39 is 24.0 Å². The van der Waals surface area contributed by atoms with Crippen molar-refractivity contribution in [1.29, 1.82) is 0 Å². The van der Waals surface area contributed by atoms with Crippen molar-refractivity contribution in [3.63, 3.8) is 0 Å². The zero-order valence-electron chi connectivity index (χ0n) is 13.2. The lowest BCUT2D eigenvalue weighted by molar-refractivity contribution is -0.152. The molecule has 2 saturated heterocycles. The maximum Gasteiger partial charge on any atom is 0.235 e. The van der Waals surface area contributed by atoms with Crippen LogP contribution in [-0.4, -0.2) is 52.2 Å². The van der Waals surface area contributed by atoms with Gasteiger partial charge in [0.05, 0.1) is 13.2 Å². The molecule has 10 heteroatoms. The zero-order chi connectivity index (χ0) is 16.8. The van der Waals surface area contributed by atoms with E-state index in [0.29, 0.717) is 13.2 Å². The Labute approximate surface area is 144 Å². The molecule has 8 nitrogen and oxygen atoms in total. The summed E-state index contributed by atoms with van der Waals surface area (Å²) in [7, 11) is 0. The van der Waals surface area contributed by atoms with Gasteiger partial charge in [-0.3, -0.25) is 4.90 Å². The Hall–Kier alpha value is -0.770. The van der Waals surface area contributed by atoms with Crippen molar-refractivity contribution >= 4 is 29.2 Å². The molecular formula is C13H18Cl2N4O4. The molecular weight excluding hydrogens is 347 g/mol. The molecule has 2 unspecified atom stereocenters. The molecule has 0 bridgehead atoms. The highest BCUT2D eigenvalue weighted by Crippen LogP contribution is 2.33. The van der Waals surface area contributed by atoms with Crippen LogP contribution < -0.4 is 4.90 Å². The number of halogens is 2. The highest BCUT2D eigenvalue weighted by molar-refractivity contribution is 6.31. The molecule has 128 valence electrons. The Morgan fingerprint density at radius 1 is 0.870 bits per heavy atom. The highest BCUT2D eigenvalue weighted by atomic mass is 35.5. The summed E-state index contributed by atoms with van der Waals surface area (Å²) in [6.45, 7) is 7.94. The van der Waals surface area contributed by atoms with Crippen molar-refractivity contribution < 1.29 is 18.9 Å². The monoisotopic (exact) mass is 364 g/mol. The molecule has 0 N–H and O–H groups in total. The van der Waals surface area contributed by atoms with Crippen molar-refractivity contribution in [1.82, 2.24) is 15.0 Å². The summed E-state index contributed by atoms with van der Waals surface area (Å²) in [5.74, 6) is -1.20. The van der Waals surface area contributed by atoms with Crippen molar-refractivity contribution in [2.75, 3.05) is 18.1 Å². The first-order valence-electron chi connectivity index (χ1n) is 7.14. The number of nitrogens with zero attached hydrogens (tertiary/aromatic N) is 4. The maximum atomic E-state index is 5.91. The van der Waals surface area contributed by atoms with Crippen LogP contribution in [0.1, 0.15) is 27.7 Å². The van der Waals surface area contributed by atoms with E-state index in [-0.39, 0.29) is 16.5 Å². The molecule has 0 radical (unpaired) electrons. The normalized spacial score (nSPS) is 29.0. The van der Waals surface area contributed by atoms with Gasteiger partial charge in [-0.1, -0.05) is 0 Å². The second kappa shape index (κ2) is 5.94. The van der Waals surface area contributed by atoms with Crippen LogP contribution in [0, 0.1) is 0 Å². The summed E-state index contributed by atoms with van der Waals surface area (Å²) >= 11 is 11.8. The number of rotatable bonds is 3. The maximum absolute atomic E-state index is 5.91. The van der Waals surface area contributed by atoms with E-state index in [1.165, 1.54) is 0 Å². The summed E-state index contributed by atoms with van der Waals surface area (Å²) in [5, 5.41) is -0.0253. The molecule has 23 heavy (non-hydrogen) atoms. The van der Waals surface area contributed by atoms with Crippen LogP contribution in [0.2, 0.25) is 10.6 Å². The van der Waals surface area contributed by atoms with Crippen molar-refractivity contribution in [2.45, 2.75) is 51.7 Å². The average Bonchev–Trinajstić information content (AvgIpc) is 2.92. The van der Waals surface area contributed by atoms with E-state index in [2.05, 4.69) is 15.0 Å². The van der Waals surface area contributed by atoms with E-state index in [0.717, 1.165) is 0 Å². The lowest BCUT2D eigenvalue weighted by Gasteiger charge is -2.32. The lowest BCUT2D eigenvalue weighted by Crippen LogP contribution is -2.48. The quantitative estimate of drug-likeness (QED) is 0.807. The zero-order valence-corrected chi connectivity index (χ0v) is 14.8. The van der Waals surface area contributed by atoms with Gasteiger partial charge in [0.25, 0.3) is 0 Å². The van der Waals surface area contributed by atoms with Crippen LogP contribution in [0.15, 0.2) is 0 Å². The standard InChI is InChI=1S/C13H18Cl2N4O4/c1-12(2)20-5-7(22-12)19(8-6-21-13(3,4)23-8)11-17-9(14)16-10(15)18-11/h7-8H,5-6H2,1-4H3. The van der Waals surface area contributed by atoms with Crippen LogP contribution in [0.5, 0.6) is 0 Å². The van der Waals surface area contributed by atoms with Crippen LogP contribution in [0.4, 0.5) is 5.95 Å². The fraction of sp³-hybridized carbons (Fsp3) is 0.769. The largest absolute Gasteiger partial charge is 0.346 e. The number of aromatic nitrogens is 3. The topological polar surface area (TPSA) is 78.8 Å². The van der Waals surface area contributed by atoms with Gasteiger partial charge >= 0.3 is 0 Å². The van der Waals surface area contributed by atoms with Crippen molar-refractivity contribution in [2.24, 2.45) is 0 Å². The third-order valence-electron chi connectivity index (χ3n) is 3.41. The van der Waals surface area contributed by atoms with Gasteiger partial charge in [-0.25, -0.2) is 0 Å². The summed E-state index contributed by atoms with van der Waals surface area (Å²) in [4.78, 5) is 13.7. The predicted octanol–water partition coefficient (Wildman–Crippen LogP) is 2.20. The number of anilines is 1. The van der Waals surface area contributed by atoms with Crippen LogP contribution in [-0.2, 0) is 18.9 Å². The molecule has 3 rings (SSSR count). The Morgan fingerprint density at radius 2 is 1.30 bits per heavy atom. The van der Waals surface area contributed by atoms with Gasteiger partial charge in [-0.15, -0.1) is 0 Å². The van der Waals surface area contributed by atoms with Gasteiger partial charge in [-0.2, -0.15) is 15.0 Å². The second-order valence-corrected chi connectivity index (χ2v) is 6.82. The smallest absolute Gasteiger partial charge is 0.235 e.